The van der Waals surface area contributed by atoms with Gasteiger partial charge in [0.1, 0.15) is 0 Å². The molecule has 0 aliphatic carbocycles. The van der Waals surface area contributed by atoms with E-state index in [4.69, 9.17) is 4.52 Å². The third-order valence-electron chi connectivity index (χ3n) is 3.36. The van der Waals surface area contributed by atoms with Gasteiger partial charge in [-0.3, -0.25) is 4.79 Å². The lowest BCUT2D eigenvalue weighted by atomic mass is 9.80. The third kappa shape index (κ3) is 2.85. The van der Waals surface area contributed by atoms with Crippen molar-refractivity contribution >= 4 is 5.91 Å². The molecule has 5 heteroatoms. The van der Waals surface area contributed by atoms with E-state index in [-0.39, 0.29) is 11.3 Å². The molecular weight excluding hydrogens is 218 g/mol. The number of nitrogens with zero attached hydrogens (tertiary/aromatic N) is 1. The maximum Gasteiger partial charge on any atom is 0.226 e. The van der Waals surface area contributed by atoms with E-state index in [1.54, 1.807) is 0 Å². The summed E-state index contributed by atoms with van der Waals surface area (Å²) in [6.07, 6.45) is 1.77. The van der Waals surface area contributed by atoms with Crippen LogP contribution in [0.2, 0.25) is 0 Å². The van der Waals surface area contributed by atoms with Gasteiger partial charge in [0.05, 0.1) is 12.2 Å². The molecule has 0 unspecified atom stereocenters. The molecule has 0 saturated carbocycles. The Balaban J connectivity index is 1.88. The molecule has 0 radical (unpaired) electrons. The van der Waals surface area contributed by atoms with Crippen molar-refractivity contribution in [3.8, 4) is 0 Å². The summed E-state index contributed by atoms with van der Waals surface area (Å²) >= 11 is 0. The molecule has 5 nitrogen and oxygen atoms in total. The van der Waals surface area contributed by atoms with Gasteiger partial charge in [-0.25, -0.2) is 0 Å². The van der Waals surface area contributed by atoms with Crippen molar-refractivity contribution < 1.29 is 9.32 Å². The average Bonchev–Trinajstić information content (AvgIpc) is 2.73. The van der Waals surface area contributed by atoms with Gasteiger partial charge in [-0.05, 0) is 32.9 Å². The summed E-state index contributed by atoms with van der Waals surface area (Å²) in [5.41, 5.74) is 0.586. The van der Waals surface area contributed by atoms with Crippen molar-refractivity contribution in [3.63, 3.8) is 0 Å². The van der Waals surface area contributed by atoms with Crippen molar-refractivity contribution in [1.29, 1.82) is 0 Å². The molecule has 1 saturated heterocycles. The number of amides is 1. The van der Waals surface area contributed by atoms with Crippen LogP contribution in [0.3, 0.4) is 0 Å². The zero-order valence-electron chi connectivity index (χ0n) is 10.4. The van der Waals surface area contributed by atoms with Crippen LogP contribution in [-0.2, 0) is 11.3 Å². The van der Waals surface area contributed by atoms with E-state index in [9.17, 15) is 4.79 Å². The fraction of sp³-hybridized carbons (Fsp3) is 0.667. The largest absolute Gasteiger partial charge is 0.359 e. The third-order valence-corrected chi connectivity index (χ3v) is 3.36. The second-order valence-corrected chi connectivity index (χ2v) is 4.93. The highest BCUT2D eigenvalue weighted by atomic mass is 16.5. The Morgan fingerprint density at radius 1 is 1.59 bits per heavy atom. The number of piperidine rings is 1. The number of nitrogens with one attached hydrogen (secondary N) is 2. The molecule has 1 aliphatic heterocycles. The first-order valence-corrected chi connectivity index (χ1v) is 6.01. The van der Waals surface area contributed by atoms with Crippen molar-refractivity contribution in [2.75, 3.05) is 13.1 Å². The predicted octanol–water partition coefficient (Wildman–Crippen LogP) is 0.989. The van der Waals surface area contributed by atoms with Crippen LogP contribution in [-0.4, -0.2) is 24.2 Å². The van der Waals surface area contributed by atoms with Crippen LogP contribution in [0.25, 0.3) is 0 Å². The zero-order chi connectivity index (χ0) is 12.3. The molecule has 1 amide bonds. The Morgan fingerprint density at radius 3 is 2.88 bits per heavy atom. The second kappa shape index (κ2) is 4.87. The number of hydrogen-bond donors (Lipinski definition) is 2. The van der Waals surface area contributed by atoms with Gasteiger partial charge in [-0.1, -0.05) is 12.1 Å². The highest BCUT2D eigenvalue weighted by Crippen LogP contribution is 2.27. The molecule has 1 aliphatic rings. The minimum Gasteiger partial charge on any atom is -0.359 e. The van der Waals surface area contributed by atoms with Gasteiger partial charge < -0.3 is 15.2 Å². The first-order valence-electron chi connectivity index (χ1n) is 6.01. The summed E-state index contributed by atoms with van der Waals surface area (Å²) in [7, 11) is 0. The average molecular weight is 237 g/mol. The van der Waals surface area contributed by atoms with Crippen LogP contribution >= 0.6 is 0 Å². The number of aryl methyl sites for hydroxylation is 1. The standard InChI is InChI=1S/C12H19N3O2/c1-9-7-10(17-15-9)8-14-11(16)12(2)3-5-13-6-4-12/h7,13H,3-6,8H2,1-2H3,(H,14,16). The second-order valence-electron chi connectivity index (χ2n) is 4.93. The minimum absolute atomic E-state index is 0.105. The lowest BCUT2D eigenvalue weighted by molar-refractivity contribution is -0.131. The molecule has 0 atom stereocenters. The summed E-state index contributed by atoms with van der Waals surface area (Å²) in [6.45, 7) is 6.12. The van der Waals surface area contributed by atoms with E-state index in [0.29, 0.717) is 12.3 Å². The van der Waals surface area contributed by atoms with E-state index in [2.05, 4.69) is 15.8 Å². The Morgan fingerprint density at radius 2 is 2.29 bits per heavy atom. The number of hydrogen-bond acceptors (Lipinski definition) is 4. The monoisotopic (exact) mass is 237 g/mol. The fourth-order valence-electron chi connectivity index (χ4n) is 2.09. The molecule has 2 rings (SSSR count). The molecule has 0 spiro atoms. The van der Waals surface area contributed by atoms with Crippen LogP contribution in [0.15, 0.2) is 10.6 Å². The van der Waals surface area contributed by atoms with E-state index >= 15 is 0 Å². The number of carbonyl (C=O) groups excluding carboxylic acids is 1. The highest BCUT2D eigenvalue weighted by molar-refractivity contribution is 5.82. The van der Waals surface area contributed by atoms with Gasteiger partial charge >= 0.3 is 0 Å². The molecule has 1 aromatic heterocycles. The molecular formula is C12H19N3O2. The van der Waals surface area contributed by atoms with E-state index in [0.717, 1.165) is 31.6 Å². The normalized spacial score (nSPS) is 18.9. The van der Waals surface area contributed by atoms with Crippen molar-refractivity contribution in [2.24, 2.45) is 5.41 Å². The van der Waals surface area contributed by atoms with Gasteiger partial charge in [0.25, 0.3) is 0 Å². The first kappa shape index (κ1) is 12.1. The van der Waals surface area contributed by atoms with Crippen LogP contribution in [0.5, 0.6) is 0 Å². The summed E-state index contributed by atoms with van der Waals surface area (Å²) in [5, 5.41) is 9.97. The quantitative estimate of drug-likeness (QED) is 0.822. The van der Waals surface area contributed by atoms with Gasteiger partial charge in [-0.2, -0.15) is 0 Å². The molecule has 0 bridgehead atoms. The Bertz CT molecular complexity index is 394. The zero-order valence-corrected chi connectivity index (χ0v) is 10.4. The molecule has 2 heterocycles. The molecule has 17 heavy (non-hydrogen) atoms. The number of carbonyl (C=O) groups is 1. The minimum atomic E-state index is -0.250. The van der Waals surface area contributed by atoms with E-state index < -0.39 is 0 Å². The Kier molecular flexibility index (Phi) is 3.47. The highest BCUT2D eigenvalue weighted by Gasteiger charge is 2.34. The SMILES string of the molecule is Cc1cc(CNC(=O)C2(C)CCNCC2)on1. The van der Waals surface area contributed by atoms with Crippen LogP contribution < -0.4 is 10.6 Å². The van der Waals surface area contributed by atoms with Gasteiger partial charge in [0.15, 0.2) is 5.76 Å². The maximum absolute atomic E-state index is 12.1. The molecule has 94 valence electrons. The van der Waals surface area contributed by atoms with Crippen LogP contribution in [0.1, 0.15) is 31.2 Å². The molecule has 2 N–H and O–H groups in total. The lowest BCUT2D eigenvalue weighted by Crippen LogP contribution is -2.45. The van der Waals surface area contributed by atoms with Crippen molar-refractivity contribution in [2.45, 2.75) is 33.2 Å². The summed E-state index contributed by atoms with van der Waals surface area (Å²) < 4.78 is 5.06. The number of aromatic nitrogens is 1. The van der Waals surface area contributed by atoms with Crippen molar-refractivity contribution in [3.05, 3.63) is 17.5 Å². The van der Waals surface area contributed by atoms with Gasteiger partial charge in [-0.15, -0.1) is 0 Å². The summed E-state index contributed by atoms with van der Waals surface area (Å²) in [6, 6.07) is 1.84. The predicted molar refractivity (Wildman–Crippen MR) is 63.3 cm³/mol. The summed E-state index contributed by atoms with van der Waals surface area (Å²) in [5.74, 6) is 0.807. The molecule has 0 aromatic carbocycles. The van der Waals surface area contributed by atoms with E-state index in [1.807, 2.05) is 19.9 Å². The van der Waals surface area contributed by atoms with E-state index in [1.165, 1.54) is 0 Å². The molecule has 1 aromatic rings. The smallest absolute Gasteiger partial charge is 0.226 e. The van der Waals surface area contributed by atoms with Crippen LogP contribution in [0.4, 0.5) is 0 Å². The molecule has 1 fully saturated rings. The first-order chi connectivity index (χ1) is 8.10. The number of rotatable bonds is 3. The fourth-order valence-corrected chi connectivity index (χ4v) is 2.09. The Labute approximate surface area is 101 Å². The topological polar surface area (TPSA) is 67.2 Å². The van der Waals surface area contributed by atoms with Gasteiger partial charge in [0.2, 0.25) is 5.91 Å². The summed E-state index contributed by atoms with van der Waals surface area (Å²) in [4.78, 5) is 12.1. The van der Waals surface area contributed by atoms with Crippen LogP contribution in [0, 0.1) is 12.3 Å². The van der Waals surface area contributed by atoms with Crippen molar-refractivity contribution in [1.82, 2.24) is 15.8 Å². The lowest BCUT2D eigenvalue weighted by Gasteiger charge is -2.32. The van der Waals surface area contributed by atoms with Gasteiger partial charge in [0, 0.05) is 11.5 Å². The Hall–Kier alpha value is -1.36. The maximum atomic E-state index is 12.1.